The van der Waals surface area contributed by atoms with Gasteiger partial charge in [-0.1, -0.05) is 18.9 Å². The summed E-state index contributed by atoms with van der Waals surface area (Å²) in [6, 6.07) is 5.07. The number of alkyl halides is 2. The molecule has 0 amide bonds. The second kappa shape index (κ2) is 6.42. The molecule has 0 unspecified atom stereocenters. The van der Waals surface area contributed by atoms with Gasteiger partial charge >= 0.3 is 0 Å². The number of nitrogens with one attached hydrogen (secondary N) is 1. The number of H-pyrrole nitrogens is 1. The van der Waals surface area contributed by atoms with Crippen molar-refractivity contribution in [2.24, 2.45) is 0 Å². The third-order valence-corrected chi connectivity index (χ3v) is 5.82. The van der Waals surface area contributed by atoms with Crippen molar-refractivity contribution in [1.29, 1.82) is 0 Å². The van der Waals surface area contributed by atoms with E-state index in [9.17, 15) is 13.6 Å². The molecule has 0 aliphatic heterocycles. The normalized spacial score (nSPS) is 15.5. The van der Waals surface area contributed by atoms with Gasteiger partial charge in [0.2, 0.25) is 0 Å². The van der Waals surface area contributed by atoms with E-state index in [-0.39, 0.29) is 27.4 Å². The summed E-state index contributed by atoms with van der Waals surface area (Å²) in [5.41, 5.74) is -0.183. The summed E-state index contributed by atoms with van der Waals surface area (Å²) < 4.78 is 29.4. The summed E-state index contributed by atoms with van der Waals surface area (Å²) in [6.45, 7) is 0. The van der Waals surface area contributed by atoms with Crippen molar-refractivity contribution in [3.8, 4) is 10.6 Å². The number of hydrogen-bond acceptors (Lipinski definition) is 4. The highest BCUT2D eigenvalue weighted by atomic mass is 32.1. The van der Waals surface area contributed by atoms with Crippen LogP contribution in [0.1, 0.15) is 43.7 Å². The summed E-state index contributed by atoms with van der Waals surface area (Å²) in [7, 11) is 0. The molecule has 1 aliphatic carbocycles. The highest BCUT2D eigenvalue weighted by Gasteiger charge is 2.25. The molecule has 0 spiro atoms. The summed E-state index contributed by atoms with van der Waals surface area (Å²) in [4.78, 5) is 20.3. The Morgan fingerprint density at radius 1 is 1.36 bits per heavy atom. The van der Waals surface area contributed by atoms with Crippen LogP contribution < -0.4 is 5.56 Å². The molecule has 130 valence electrons. The molecule has 0 aromatic carbocycles. The lowest BCUT2D eigenvalue weighted by atomic mass is 10.1. The zero-order valence-corrected chi connectivity index (χ0v) is 14.8. The molecular formula is C17H15F2N3OS2. The Labute approximate surface area is 151 Å². The molecule has 4 rings (SSSR count). The number of hydrogen-bond donors (Lipinski definition) is 1. The van der Waals surface area contributed by atoms with Crippen LogP contribution in [0.4, 0.5) is 8.78 Å². The first-order chi connectivity index (χ1) is 12.1. The van der Waals surface area contributed by atoms with Crippen molar-refractivity contribution in [2.75, 3.05) is 0 Å². The fourth-order valence-electron chi connectivity index (χ4n) is 3.50. The summed E-state index contributed by atoms with van der Waals surface area (Å²) in [6.07, 6.45) is 1.16. The van der Waals surface area contributed by atoms with Gasteiger partial charge in [-0.2, -0.15) is 0 Å². The van der Waals surface area contributed by atoms with Gasteiger partial charge in [0, 0.05) is 11.6 Å². The molecule has 8 heteroatoms. The molecule has 4 nitrogen and oxygen atoms in total. The Kier molecular flexibility index (Phi) is 4.24. The fourth-order valence-corrected chi connectivity index (χ4v) is 4.51. The van der Waals surface area contributed by atoms with Crippen LogP contribution in [0, 0.1) is 4.77 Å². The Bertz CT molecular complexity index is 1030. The number of aromatic amines is 1. The smallest absolute Gasteiger partial charge is 0.264 e. The lowest BCUT2D eigenvalue weighted by molar-refractivity contribution is 0.153. The fraction of sp³-hybridized carbons (Fsp3) is 0.353. The maximum absolute atomic E-state index is 13.7. The lowest BCUT2D eigenvalue weighted by Gasteiger charge is -2.18. The molecule has 3 aromatic rings. The SMILES string of the molecule is O=c1[nH]c(=S)n(C2CCCC2)c2nc(-c3cccs3)cc(C(F)F)c12. The molecule has 1 saturated carbocycles. The van der Waals surface area contributed by atoms with E-state index in [1.807, 2.05) is 17.5 Å². The topological polar surface area (TPSA) is 50.7 Å². The molecule has 1 fully saturated rings. The number of pyridine rings is 1. The Balaban J connectivity index is 2.11. The van der Waals surface area contributed by atoms with Gasteiger partial charge in [0.25, 0.3) is 12.0 Å². The van der Waals surface area contributed by atoms with Gasteiger partial charge in [0.15, 0.2) is 4.77 Å². The van der Waals surface area contributed by atoms with Crippen molar-refractivity contribution in [3.63, 3.8) is 0 Å². The van der Waals surface area contributed by atoms with Crippen molar-refractivity contribution in [3.05, 3.63) is 44.3 Å². The van der Waals surface area contributed by atoms with E-state index in [1.54, 1.807) is 4.57 Å². The molecule has 0 bridgehead atoms. The average molecular weight is 379 g/mol. The quantitative estimate of drug-likeness (QED) is 0.634. The van der Waals surface area contributed by atoms with E-state index in [4.69, 9.17) is 12.2 Å². The Morgan fingerprint density at radius 2 is 2.12 bits per heavy atom. The minimum atomic E-state index is -2.77. The maximum atomic E-state index is 13.7. The molecule has 25 heavy (non-hydrogen) atoms. The minimum absolute atomic E-state index is 0.0594. The van der Waals surface area contributed by atoms with Crippen LogP contribution in [0.2, 0.25) is 0 Å². The predicted octanol–water partition coefficient (Wildman–Crippen LogP) is 5.24. The average Bonchev–Trinajstić information content (AvgIpc) is 3.27. The van der Waals surface area contributed by atoms with E-state index >= 15 is 0 Å². The molecule has 0 radical (unpaired) electrons. The largest absolute Gasteiger partial charge is 0.299 e. The van der Waals surface area contributed by atoms with Crippen molar-refractivity contribution >= 4 is 34.6 Å². The number of thiophene rings is 1. The first-order valence-corrected chi connectivity index (χ1v) is 9.36. The minimum Gasteiger partial charge on any atom is -0.299 e. The van der Waals surface area contributed by atoms with Gasteiger partial charge < -0.3 is 0 Å². The summed E-state index contributed by atoms with van der Waals surface area (Å²) in [5, 5.41) is 1.81. The van der Waals surface area contributed by atoms with Crippen LogP contribution in [0.3, 0.4) is 0 Å². The Hall–Kier alpha value is -1.93. The lowest BCUT2D eigenvalue weighted by Crippen LogP contribution is -2.20. The van der Waals surface area contributed by atoms with Crippen LogP contribution >= 0.6 is 23.6 Å². The molecule has 1 N–H and O–H groups in total. The highest BCUT2D eigenvalue weighted by molar-refractivity contribution is 7.71. The third-order valence-electron chi connectivity index (χ3n) is 4.62. The first kappa shape index (κ1) is 16.5. The van der Waals surface area contributed by atoms with Crippen molar-refractivity contribution < 1.29 is 8.78 Å². The standard InChI is InChI=1S/C17H15F2N3OS2/c18-14(19)10-8-11(12-6-3-7-25-12)20-15-13(10)16(23)21-17(24)22(15)9-4-1-2-5-9/h3,6-9,14H,1-2,4-5H2,(H,21,23,24). The van der Waals surface area contributed by atoms with Gasteiger partial charge in [-0.15, -0.1) is 11.3 Å². The predicted molar refractivity (Wildman–Crippen MR) is 97.0 cm³/mol. The van der Waals surface area contributed by atoms with E-state index < -0.39 is 12.0 Å². The van der Waals surface area contributed by atoms with E-state index in [1.165, 1.54) is 17.4 Å². The van der Waals surface area contributed by atoms with E-state index in [0.717, 1.165) is 30.6 Å². The molecule has 0 saturated heterocycles. The van der Waals surface area contributed by atoms with Crippen LogP contribution in [0.25, 0.3) is 21.6 Å². The molecule has 3 heterocycles. The maximum Gasteiger partial charge on any atom is 0.264 e. The Morgan fingerprint density at radius 3 is 2.76 bits per heavy atom. The van der Waals surface area contributed by atoms with Gasteiger partial charge in [-0.25, -0.2) is 13.8 Å². The highest BCUT2D eigenvalue weighted by Crippen LogP contribution is 2.35. The summed E-state index contributed by atoms with van der Waals surface area (Å²) >= 11 is 6.76. The van der Waals surface area contributed by atoms with Gasteiger partial charge in [0.1, 0.15) is 5.65 Å². The second-order valence-corrected chi connectivity index (χ2v) is 7.48. The van der Waals surface area contributed by atoms with Crippen molar-refractivity contribution in [1.82, 2.24) is 14.5 Å². The summed E-state index contributed by atoms with van der Waals surface area (Å²) in [5.74, 6) is 0. The number of nitrogens with zero attached hydrogens (tertiary/aromatic N) is 2. The number of rotatable bonds is 3. The zero-order chi connectivity index (χ0) is 17.6. The van der Waals surface area contributed by atoms with Crippen LogP contribution in [-0.2, 0) is 0 Å². The zero-order valence-electron chi connectivity index (χ0n) is 13.2. The van der Waals surface area contributed by atoms with Gasteiger partial charge in [-0.05, 0) is 42.6 Å². The van der Waals surface area contributed by atoms with Gasteiger partial charge in [-0.3, -0.25) is 14.3 Å². The molecule has 1 aliphatic rings. The number of fused-ring (bicyclic) bond motifs is 1. The monoisotopic (exact) mass is 379 g/mol. The van der Waals surface area contributed by atoms with Gasteiger partial charge in [0.05, 0.1) is 16.0 Å². The van der Waals surface area contributed by atoms with Crippen LogP contribution in [-0.4, -0.2) is 14.5 Å². The van der Waals surface area contributed by atoms with Crippen LogP contribution in [0.5, 0.6) is 0 Å². The first-order valence-electron chi connectivity index (χ1n) is 8.08. The number of halogens is 2. The van der Waals surface area contributed by atoms with Crippen molar-refractivity contribution in [2.45, 2.75) is 38.2 Å². The van der Waals surface area contributed by atoms with E-state index in [2.05, 4.69) is 9.97 Å². The van der Waals surface area contributed by atoms with E-state index in [0.29, 0.717) is 5.69 Å². The molecular weight excluding hydrogens is 364 g/mol. The molecule has 3 aromatic heterocycles. The second-order valence-electron chi connectivity index (χ2n) is 6.14. The van der Waals surface area contributed by atoms with Crippen LogP contribution in [0.15, 0.2) is 28.4 Å². The number of aromatic nitrogens is 3. The third kappa shape index (κ3) is 2.83. The molecule has 0 atom stereocenters.